The number of carbonyl (C=O) groups is 2. The fourth-order valence-corrected chi connectivity index (χ4v) is 0.0630. The Morgan fingerprint density at radius 2 is 1.21 bits per heavy atom. The first-order valence-electron chi connectivity index (χ1n) is 2.16. The van der Waals surface area contributed by atoms with Crippen molar-refractivity contribution in [3.05, 3.63) is 0 Å². The number of rotatable bonds is 0. The summed E-state index contributed by atoms with van der Waals surface area (Å²) in [6, 6.07) is 0. The third kappa shape index (κ3) is 22.7. The van der Waals surface area contributed by atoms with E-state index >= 15 is 0 Å². The normalized spacial score (nSPS) is 8.64. The second-order valence-electron chi connectivity index (χ2n) is 1.24. The van der Waals surface area contributed by atoms with Gasteiger partial charge in [-0.25, -0.2) is 24.0 Å². The summed E-state index contributed by atoms with van der Waals surface area (Å²) < 4.78 is 29.9. The molecule has 8 nitrogen and oxygen atoms in total. The van der Waals surface area contributed by atoms with Crippen molar-refractivity contribution in [2.45, 2.75) is 0 Å². The molecule has 0 saturated carbocycles. The maximum absolute atomic E-state index is 10.5. The van der Waals surface area contributed by atoms with Crippen LogP contribution >= 0.6 is 7.82 Å². The first-order chi connectivity index (χ1) is 5.72. The molecular weight excluding hydrogens is 244 g/mol. The van der Waals surface area contributed by atoms with Crippen LogP contribution in [-0.2, 0) is 24.0 Å². The largest absolute Gasteiger partial charge is 1.00 e. The summed E-state index contributed by atoms with van der Waals surface area (Å²) in [6.45, 7) is 0. The zero-order valence-electron chi connectivity index (χ0n) is 7.59. The fraction of sp³-hybridized carbons (Fsp3) is 0. The molecule has 0 bridgehead atoms. The molecular formula is C2H4F2NaO8P. The van der Waals surface area contributed by atoms with Gasteiger partial charge in [-0.05, 0) is 0 Å². The van der Waals surface area contributed by atoms with Crippen molar-refractivity contribution in [2.24, 2.45) is 0 Å². The molecule has 0 fully saturated rings. The Morgan fingerprint density at radius 3 is 1.29 bits per heavy atom. The minimum Gasteiger partial charge on any atom is -1.00 e. The van der Waals surface area contributed by atoms with Crippen LogP contribution in [0.15, 0.2) is 0 Å². The van der Waals surface area contributed by atoms with Gasteiger partial charge in [0.15, 0.2) is 0 Å². The SMILES string of the molecule is O=C(OF)C(=O)OF.O=P(O)(O)O.[H-].[Na+]. The van der Waals surface area contributed by atoms with E-state index in [1.807, 2.05) is 0 Å². The van der Waals surface area contributed by atoms with Crippen LogP contribution in [-0.4, -0.2) is 26.6 Å². The van der Waals surface area contributed by atoms with E-state index in [1.54, 1.807) is 0 Å². The zero-order valence-corrected chi connectivity index (χ0v) is 9.48. The zero-order chi connectivity index (χ0) is 11.1. The van der Waals surface area contributed by atoms with Gasteiger partial charge in [0.1, 0.15) is 0 Å². The smallest absolute Gasteiger partial charge is 1.00 e. The molecule has 0 aliphatic heterocycles. The molecule has 0 radical (unpaired) electrons. The van der Waals surface area contributed by atoms with Gasteiger partial charge in [-0.3, -0.25) is 0 Å². The summed E-state index contributed by atoms with van der Waals surface area (Å²) in [6.07, 6.45) is 0. The average Bonchev–Trinajstić information content (AvgIpc) is 1.98. The van der Waals surface area contributed by atoms with Crippen molar-refractivity contribution in [1.82, 2.24) is 0 Å². The molecule has 0 spiro atoms. The summed E-state index contributed by atoms with van der Waals surface area (Å²) >= 11 is 0. The quantitative estimate of drug-likeness (QED) is 0.225. The Bertz CT molecular complexity index is 208. The van der Waals surface area contributed by atoms with Crippen molar-refractivity contribution in [2.75, 3.05) is 0 Å². The van der Waals surface area contributed by atoms with Gasteiger partial charge < -0.3 is 16.1 Å². The molecule has 12 heteroatoms. The molecule has 0 aromatic rings. The van der Waals surface area contributed by atoms with Crippen LogP contribution < -0.4 is 29.6 Å². The molecule has 3 N–H and O–H groups in total. The van der Waals surface area contributed by atoms with Crippen LogP contribution in [0.3, 0.4) is 0 Å². The van der Waals surface area contributed by atoms with Gasteiger partial charge in [0.2, 0.25) is 0 Å². The van der Waals surface area contributed by atoms with Crippen molar-refractivity contribution in [1.29, 1.82) is 0 Å². The second kappa shape index (κ2) is 9.46. The minimum absolute atomic E-state index is 0. The van der Waals surface area contributed by atoms with Gasteiger partial charge in [-0.2, -0.15) is 0 Å². The summed E-state index contributed by atoms with van der Waals surface area (Å²) in [7, 11) is -4.64. The van der Waals surface area contributed by atoms with Gasteiger partial charge in [0.05, 0.1) is 0 Å². The van der Waals surface area contributed by atoms with E-state index in [0.717, 1.165) is 0 Å². The monoisotopic (exact) mass is 248 g/mol. The molecule has 0 saturated heterocycles. The number of carbonyl (C=O) groups excluding carboxylic acids is 2. The Kier molecular flexibility index (Phi) is 13.2. The number of phosphoric acid groups is 1. The third-order valence-corrected chi connectivity index (χ3v) is 0.307. The molecule has 0 aromatic carbocycles. The maximum atomic E-state index is 10.5. The number of halogens is 2. The molecule has 0 aliphatic rings. The van der Waals surface area contributed by atoms with Crippen LogP contribution in [0, 0.1) is 0 Å². The second-order valence-corrected chi connectivity index (χ2v) is 2.27. The fourth-order valence-electron chi connectivity index (χ4n) is 0.0630. The standard InChI is InChI=1S/C2F2O4.Na.H3O4P.H/c3-7-1(5)2(6)8-4;;1-5(2,3)4;/h;;(H3,1,2,3,4);/q;+1;;-1. The molecule has 0 rings (SSSR count). The van der Waals surface area contributed by atoms with Crippen molar-refractivity contribution >= 4 is 19.8 Å². The molecule has 0 aliphatic carbocycles. The molecule has 0 aromatic heterocycles. The van der Waals surface area contributed by atoms with E-state index in [2.05, 4.69) is 9.88 Å². The van der Waals surface area contributed by atoms with Crippen LogP contribution in [0.4, 0.5) is 9.05 Å². The molecule has 0 unspecified atom stereocenters. The Hall–Kier alpha value is -0.0900. The van der Waals surface area contributed by atoms with E-state index < -0.39 is 19.8 Å². The topological polar surface area (TPSA) is 130 Å². The predicted octanol–water partition coefficient (Wildman–Crippen LogP) is -3.97. The van der Waals surface area contributed by atoms with Crippen molar-refractivity contribution in [3.8, 4) is 0 Å². The van der Waals surface area contributed by atoms with E-state index in [1.165, 1.54) is 0 Å². The van der Waals surface area contributed by atoms with Gasteiger partial charge in [-0.15, -0.1) is 0 Å². The predicted molar refractivity (Wildman–Crippen MR) is 29.8 cm³/mol. The summed E-state index contributed by atoms with van der Waals surface area (Å²) in [5, 5.41) is 0. The first kappa shape index (κ1) is 19.5. The molecule has 80 valence electrons. The van der Waals surface area contributed by atoms with Gasteiger partial charge in [0.25, 0.3) is 0 Å². The maximum Gasteiger partial charge on any atom is 1.00 e. The minimum atomic E-state index is -4.64. The van der Waals surface area contributed by atoms with Crippen LogP contribution in [0.25, 0.3) is 0 Å². The number of hydrogen-bond donors (Lipinski definition) is 3. The van der Waals surface area contributed by atoms with Crippen LogP contribution in [0.2, 0.25) is 0 Å². The number of hydrogen-bond acceptors (Lipinski definition) is 5. The van der Waals surface area contributed by atoms with E-state index in [0.29, 0.717) is 0 Å². The van der Waals surface area contributed by atoms with Crippen LogP contribution in [0.5, 0.6) is 0 Å². The van der Waals surface area contributed by atoms with E-state index in [-0.39, 0.29) is 31.0 Å². The van der Waals surface area contributed by atoms with Crippen LogP contribution in [0.1, 0.15) is 1.43 Å². The summed E-state index contributed by atoms with van der Waals surface area (Å²) in [5.41, 5.74) is 0. The first-order valence-corrected chi connectivity index (χ1v) is 3.72. The summed E-state index contributed by atoms with van der Waals surface area (Å²) in [4.78, 5) is 44.9. The molecule has 14 heavy (non-hydrogen) atoms. The van der Waals surface area contributed by atoms with Gasteiger partial charge in [0, 0.05) is 9.05 Å². The molecule has 0 heterocycles. The summed E-state index contributed by atoms with van der Waals surface area (Å²) in [5.74, 6) is -4.04. The average molecular weight is 248 g/mol. The Morgan fingerprint density at radius 1 is 1.07 bits per heavy atom. The van der Waals surface area contributed by atoms with E-state index in [9.17, 15) is 18.6 Å². The van der Waals surface area contributed by atoms with E-state index in [4.69, 9.17) is 19.2 Å². The van der Waals surface area contributed by atoms with Gasteiger partial charge >= 0.3 is 49.3 Å². The van der Waals surface area contributed by atoms with Crippen molar-refractivity contribution in [3.63, 3.8) is 0 Å². The molecule has 0 atom stereocenters. The Labute approximate surface area is 98.6 Å². The molecule has 0 amide bonds. The van der Waals surface area contributed by atoms with Crippen molar-refractivity contribution < 1.29 is 78.8 Å². The third-order valence-electron chi connectivity index (χ3n) is 0.307. The Balaban J connectivity index is -0.0000000770. The van der Waals surface area contributed by atoms with Gasteiger partial charge in [-0.1, -0.05) is 0 Å².